The SMILES string of the molecule is O=C(c1ccc(Cl)cc1Br)c1cc2c(cc1Br)OCCO2. The predicted octanol–water partition coefficient (Wildman–Crippen LogP) is 4.87. The van der Waals surface area contributed by atoms with E-state index in [1.807, 2.05) is 0 Å². The van der Waals surface area contributed by atoms with Crippen molar-refractivity contribution in [2.45, 2.75) is 0 Å². The van der Waals surface area contributed by atoms with Crippen LogP contribution in [-0.4, -0.2) is 19.0 Å². The van der Waals surface area contributed by atoms with E-state index in [4.69, 9.17) is 21.1 Å². The maximum Gasteiger partial charge on any atom is 0.195 e. The smallest absolute Gasteiger partial charge is 0.195 e. The van der Waals surface area contributed by atoms with Crippen LogP contribution < -0.4 is 9.47 Å². The fraction of sp³-hybridized carbons (Fsp3) is 0.133. The van der Waals surface area contributed by atoms with Crippen molar-refractivity contribution in [3.8, 4) is 11.5 Å². The Bertz CT molecular complexity index is 731. The van der Waals surface area contributed by atoms with Gasteiger partial charge in [0.05, 0.1) is 0 Å². The standard InChI is InChI=1S/C15H9Br2ClO3/c16-11-5-8(18)1-2-9(11)15(19)10-6-13-14(7-12(10)17)21-4-3-20-13/h1-2,5-7H,3-4H2. The van der Waals surface area contributed by atoms with Gasteiger partial charge < -0.3 is 9.47 Å². The van der Waals surface area contributed by atoms with Crippen molar-refractivity contribution in [3.05, 3.63) is 55.4 Å². The molecule has 1 heterocycles. The molecule has 0 atom stereocenters. The Morgan fingerprint density at radius 1 is 0.952 bits per heavy atom. The van der Waals surface area contributed by atoms with E-state index < -0.39 is 0 Å². The summed E-state index contributed by atoms with van der Waals surface area (Å²) in [5.74, 6) is 1.10. The lowest BCUT2D eigenvalue weighted by molar-refractivity contribution is 0.103. The van der Waals surface area contributed by atoms with Crippen LogP contribution in [0, 0.1) is 0 Å². The van der Waals surface area contributed by atoms with E-state index in [1.165, 1.54) is 0 Å². The Balaban J connectivity index is 2.05. The van der Waals surface area contributed by atoms with Gasteiger partial charge in [-0.15, -0.1) is 0 Å². The monoisotopic (exact) mass is 430 g/mol. The predicted molar refractivity (Wildman–Crippen MR) is 87.7 cm³/mol. The summed E-state index contributed by atoms with van der Waals surface area (Å²) < 4.78 is 12.3. The molecule has 0 unspecified atom stereocenters. The van der Waals surface area contributed by atoms with Crippen LogP contribution in [0.5, 0.6) is 11.5 Å². The third-order valence-electron chi connectivity index (χ3n) is 3.05. The van der Waals surface area contributed by atoms with Crippen LogP contribution >= 0.6 is 43.5 Å². The maximum absolute atomic E-state index is 12.7. The second kappa shape index (κ2) is 5.99. The van der Waals surface area contributed by atoms with Gasteiger partial charge in [-0.1, -0.05) is 11.6 Å². The molecule has 0 spiro atoms. The molecule has 0 aliphatic carbocycles. The molecule has 1 aliphatic rings. The minimum Gasteiger partial charge on any atom is -0.486 e. The van der Waals surface area contributed by atoms with Crippen molar-refractivity contribution < 1.29 is 14.3 Å². The molecule has 3 rings (SSSR count). The van der Waals surface area contributed by atoms with Gasteiger partial charge in [0.25, 0.3) is 0 Å². The lowest BCUT2D eigenvalue weighted by atomic mass is 10.0. The summed E-state index contributed by atoms with van der Waals surface area (Å²) in [7, 11) is 0. The summed E-state index contributed by atoms with van der Waals surface area (Å²) in [5.41, 5.74) is 1.05. The van der Waals surface area contributed by atoms with Gasteiger partial charge in [0.1, 0.15) is 13.2 Å². The summed E-state index contributed by atoms with van der Waals surface area (Å²) in [5, 5.41) is 0.569. The zero-order chi connectivity index (χ0) is 15.0. The summed E-state index contributed by atoms with van der Waals surface area (Å²) >= 11 is 12.7. The average molecular weight is 432 g/mol. The molecule has 108 valence electrons. The van der Waals surface area contributed by atoms with E-state index in [-0.39, 0.29) is 5.78 Å². The zero-order valence-electron chi connectivity index (χ0n) is 10.7. The Morgan fingerprint density at radius 2 is 1.57 bits per heavy atom. The van der Waals surface area contributed by atoms with Gasteiger partial charge in [-0.3, -0.25) is 4.79 Å². The van der Waals surface area contributed by atoms with Crippen molar-refractivity contribution >= 4 is 49.2 Å². The summed E-state index contributed by atoms with van der Waals surface area (Å²) in [6, 6.07) is 8.53. The van der Waals surface area contributed by atoms with E-state index in [2.05, 4.69) is 31.9 Å². The van der Waals surface area contributed by atoms with Crippen LogP contribution in [0.4, 0.5) is 0 Å². The molecule has 6 heteroatoms. The van der Waals surface area contributed by atoms with E-state index in [9.17, 15) is 4.79 Å². The van der Waals surface area contributed by atoms with Crippen LogP contribution in [0.2, 0.25) is 5.02 Å². The fourth-order valence-corrected chi connectivity index (χ4v) is 3.42. The van der Waals surface area contributed by atoms with Gasteiger partial charge in [-0.2, -0.15) is 0 Å². The molecule has 0 radical (unpaired) electrons. The van der Waals surface area contributed by atoms with Crippen molar-refractivity contribution in [2.75, 3.05) is 13.2 Å². The molecule has 0 saturated carbocycles. The molecular weight excluding hydrogens is 423 g/mol. The highest BCUT2D eigenvalue weighted by molar-refractivity contribution is 9.11. The van der Waals surface area contributed by atoms with Crippen molar-refractivity contribution in [3.63, 3.8) is 0 Å². The second-order valence-corrected chi connectivity index (χ2v) is 6.57. The van der Waals surface area contributed by atoms with Crippen LogP contribution in [0.25, 0.3) is 0 Å². The molecule has 3 nitrogen and oxygen atoms in total. The van der Waals surface area contributed by atoms with Gasteiger partial charge in [-0.25, -0.2) is 0 Å². The molecule has 0 aromatic heterocycles. The average Bonchev–Trinajstić information content (AvgIpc) is 2.46. The van der Waals surface area contributed by atoms with Crippen LogP contribution in [-0.2, 0) is 0 Å². The third-order valence-corrected chi connectivity index (χ3v) is 4.60. The molecule has 21 heavy (non-hydrogen) atoms. The highest BCUT2D eigenvalue weighted by atomic mass is 79.9. The number of benzene rings is 2. The van der Waals surface area contributed by atoms with Crippen LogP contribution in [0.3, 0.4) is 0 Å². The number of carbonyl (C=O) groups is 1. The van der Waals surface area contributed by atoms with E-state index in [0.717, 1.165) is 0 Å². The topological polar surface area (TPSA) is 35.5 Å². The Labute approximate surface area is 143 Å². The number of halogens is 3. The molecule has 0 N–H and O–H groups in total. The lowest BCUT2D eigenvalue weighted by Gasteiger charge is -2.19. The highest BCUT2D eigenvalue weighted by Gasteiger charge is 2.21. The molecule has 1 aliphatic heterocycles. The molecule has 2 aromatic carbocycles. The fourth-order valence-electron chi connectivity index (χ4n) is 2.06. The Hall–Kier alpha value is -1.04. The Morgan fingerprint density at radius 3 is 2.24 bits per heavy atom. The quantitative estimate of drug-likeness (QED) is 0.636. The molecule has 0 bridgehead atoms. The largest absolute Gasteiger partial charge is 0.486 e. The number of carbonyl (C=O) groups excluding carboxylic acids is 1. The van der Waals surface area contributed by atoms with Gasteiger partial charge >= 0.3 is 0 Å². The Kier molecular flexibility index (Phi) is 4.24. The minimum absolute atomic E-state index is 0.123. The molecule has 0 amide bonds. The first kappa shape index (κ1) is 14.9. The molecule has 2 aromatic rings. The van der Waals surface area contributed by atoms with Gasteiger partial charge in [-0.05, 0) is 62.2 Å². The van der Waals surface area contributed by atoms with Crippen molar-refractivity contribution in [1.29, 1.82) is 0 Å². The van der Waals surface area contributed by atoms with E-state index in [1.54, 1.807) is 30.3 Å². The first-order valence-electron chi connectivity index (χ1n) is 6.15. The lowest BCUT2D eigenvalue weighted by Crippen LogP contribution is -2.16. The summed E-state index contributed by atoms with van der Waals surface area (Å²) in [4.78, 5) is 12.7. The molecule has 0 fully saturated rings. The van der Waals surface area contributed by atoms with Crippen molar-refractivity contribution in [1.82, 2.24) is 0 Å². The van der Waals surface area contributed by atoms with Gasteiger partial charge in [0.15, 0.2) is 17.3 Å². The first-order valence-corrected chi connectivity index (χ1v) is 8.11. The van der Waals surface area contributed by atoms with Crippen LogP contribution in [0.15, 0.2) is 39.3 Å². The van der Waals surface area contributed by atoms with Crippen LogP contribution in [0.1, 0.15) is 15.9 Å². The van der Waals surface area contributed by atoms with E-state index >= 15 is 0 Å². The van der Waals surface area contributed by atoms with Gasteiger partial charge in [0.2, 0.25) is 0 Å². The molecule has 0 saturated heterocycles. The maximum atomic E-state index is 12.7. The summed E-state index contributed by atoms with van der Waals surface area (Å²) in [6.07, 6.45) is 0. The first-order chi connectivity index (χ1) is 10.1. The minimum atomic E-state index is -0.123. The third kappa shape index (κ3) is 2.96. The normalized spacial score (nSPS) is 13.1. The zero-order valence-corrected chi connectivity index (χ0v) is 14.6. The number of hydrogen-bond acceptors (Lipinski definition) is 3. The number of fused-ring (bicyclic) bond motifs is 1. The highest BCUT2D eigenvalue weighted by Crippen LogP contribution is 2.37. The van der Waals surface area contributed by atoms with Crippen molar-refractivity contribution in [2.24, 2.45) is 0 Å². The number of rotatable bonds is 2. The second-order valence-electron chi connectivity index (χ2n) is 4.43. The number of ether oxygens (including phenoxy) is 2. The van der Waals surface area contributed by atoms with E-state index in [0.29, 0.717) is 49.8 Å². The number of ketones is 1. The summed E-state index contributed by atoms with van der Waals surface area (Å²) in [6.45, 7) is 0.988. The van der Waals surface area contributed by atoms with Gasteiger partial charge in [0, 0.05) is 25.1 Å². The molecular formula is C15H9Br2ClO3. The number of hydrogen-bond donors (Lipinski definition) is 0.